The number of rotatable bonds is 4. The molecule has 2 aliphatic heterocycles. The van der Waals surface area contributed by atoms with Gasteiger partial charge in [0.25, 0.3) is 0 Å². The van der Waals surface area contributed by atoms with Gasteiger partial charge in [-0.2, -0.15) is 0 Å². The maximum Gasteiger partial charge on any atom is 0.227 e. The summed E-state index contributed by atoms with van der Waals surface area (Å²) in [6, 6.07) is 3.94. The summed E-state index contributed by atoms with van der Waals surface area (Å²) in [6.45, 7) is 6.31. The molecule has 2 aliphatic rings. The summed E-state index contributed by atoms with van der Waals surface area (Å²) in [5.41, 5.74) is 0.830. The summed E-state index contributed by atoms with van der Waals surface area (Å²) in [5.74, 6) is 1.24. The van der Waals surface area contributed by atoms with E-state index >= 15 is 0 Å². The first-order chi connectivity index (χ1) is 13.2. The normalized spacial score (nSPS) is 21.1. The van der Waals surface area contributed by atoms with Gasteiger partial charge in [0.15, 0.2) is 5.65 Å². The Bertz CT molecular complexity index is 826. The van der Waals surface area contributed by atoms with Gasteiger partial charge in [-0.05, 0) is 25.0 Å². The number of aromatic nitrogens is 3. The highest BCUT2D eigenvalue weighted by atomic mass is 16.2. The minimum atomic E-state index is -0.0544. The van der Waals surface area contributed by atoms with E-state index in [0.29, 0.717) is 32.5 Å². The Morgan fingerprint density at radius 1 is 1.22 bits per heavy atom. The SMILES string of the molecule is CCCN1CC(C(=O)N2CCN(c3ccc4nccn4n3)CC2)CCC1=O. The van der Waals surface area contributed by atoms with Crippen molar-refractivity contribution in [2.45, 2.75) is 26.2 Å². The summed E-state index contributed by atoms with van der Waals surface area (Å²) < 4.78 is 1.77. The molecule has 0 bridgehead atoms. The van der Waals surface area contributed by atoms with Crippen molar-refractivity contribution in [2.24, 2.45) is 5.92 Å². The number of likely N-dealkylation sites (tertiary alicyclic amines) is 1. The molecule has 2 aromatic heterocycles. The fraction of sp³-hybridized carbons (Fsp3) is 0.579. The summed E-state index contributed by atoms with van der Waals surface area (Å²) >= 11 is 0. The number of nitrogens with zero attached hydrogens (tertiary/aromatic N) is 6. The largest absolute Gasteiger partial charge is 0.352 e. The molecule has 2 saturated heterocycles. The second kappa shape index (κ2) is 7.54. The molecule has 4 rings (SSSR count). The number of hydrogen-bond donors (Lipinski definition) is 0. The van der Waals surface area contributed by atoms with Crippen LogP contribution in [0.4, 0.5) is 5.82 Å². The van der Waals surface area contributed by atoms with Crippen molar-refractivity contribution < 1.29 is 9.59 Å². The third kappa shape index (κ3) is 3.61. The lowest BCUT2D eigenvalue weighted by Crippen LogP contribution is -2.53. The minimum absolute atomic E-state index is 0.0544. The third-order valence-electron chi connectivity index (χ3n) is 5.50. The van der Waals surface area contributed by atoms with Crippen molar-refractivity contribution in [3.63, 3.8) is 0 Å². The Morgan fingerprint density at radius 2 is 2.04 bits per heavy atom. The molecule has 0 spiro atoms. The first-order valence-electron chi connectivity index (χ1n) is 9.77. The Hall–Kier alpha value is -2.64. The molecular formula is C19H26N6O2. The van der Waals surface area contributed by atoms with Crippen molar-refractivity contribution in [2.75, 3.05) is 44.2 Å². The van der Waals surface area contributed by atoms with Crippen LogP contribution in [0.15, 0.2) is 24.5 Å². The van der Waals surface area contributed by atoms with E-state index in [9.17, 15) is 9.59 Å². The lowest BCUT2D eigenvalue weighted by atomic mass is 9.95. The van der Waals surface area contributed by atoms with E-state index in [0.717, 1.165) is 37.5 Å². The summed E-state index contributed by atoms with van der Waals surface area (Å²) in [7, 11) is 0. The average molecular weight is 370 g/mol. The quantitative estimate of drug-likeness (QED) is 0.804. The van der Waals surface area contributed by atoms with Gasteiger partial charge in [-0.15, -0.1) is 5.10 Å². The van der Waals surface area contributed by atoms with Crippen LogP contribution < -0.4 is 4.90 Å². The highest BCUT2D eigenvalue weighted by molar-refractivity contribution is 5.84. The fourth-order valence-corrected chi connectivity index (χ4v) is 3.99. The lowest BCUT2D eigenvalue weighted by Gasteiger charge is -2.39. The van der Waals surface area contributed by atoms with Crippen molar-refractivity contribution in [3.8, 4) is 0 Å². The van der Waals surface area contributed by atoms with Gasteiger partial charge in [-0.1, -0.05) is 6.92 Å². The molecule has 0 aliphatic carbocycles. The van der Waals surface area contributed by atoms with E-state index < -0.39 is 0 Å². The second-order valence-electron chi connectivity index (χ2n) is 7.31. The first-order valence-corrected chi connectivity index (χ1v) is 9.77. The number of fused-ring (bicyclic) bond motifs is 1. The molecule has 0 aromatic carbocycles. The third-order valence-corrected chi connectivity index (χ3v) is 5.50. The molecule has 1 atom stereocenters. The van der Waals surface area contributed by atoms with Crippen LogP contribution in [0, 0.1) is 5.92 Å². The van der Waals surface area contributed by atoms with Crippen molar-refractivity contribution >= 4 is 23.3 Å². The van der Waals surface area contributed by atoms with E-state index in [2.05, 4.69) is 21.9 Å². The number of amides is 2. The summed E-state index contributed by atoms with van der Waals surface area (Å²) in [6.07, 6.45) is 5.67. The second-order valence-corrected chi connectivity index (χ2v) is 7.31. The average Bonchev–Trinajstić information content (AvgIpc) is 3.17. The summed E-state index contributed by atoms with van der Waals surface area (Å²) in [4.78, 5) is 35.1. The maximum atomic E-state index is 12.9. The zero-order chi connectivity index (χ0) is 18.8. The smallest absolute Gasteiger partial charge is 0.227 e. The van der Waals surface area contributed by atoms with Gasteiger partial charge in [0, 0.05) is 58.1 Å². The fourth-order valence-electron chi connectivity index (χ4n) is 3.99. The number of carbonyl (C=O) groups is 2. The predicted octanol–water partition coefficient (Wildman–Crippen LogP) is 1.03. The van der Waals surface area contributed by atoms with E-state index in [1.165, 1.54) is 0 Å². The van der Waals surface area contributed by atoms with Gasteiger partial charge in [-0.25, -0.2) is 9.50 Å². The number of carbonyl (C=O) groups excluding carboxylic acids is 2. The van der Waals surface area contributed by atoms with Gasteiger partial charge in [0.2, 0.25) is 11.8 Å². The number of anilines is 1. The molecule has 0 saturated carbocycles. The van der Waals surface area contributed by atoms with Crippen LogP contribution in [-0.2, 0) is 9.59 Å². The number of imidazole rings is 1. The highest BCUT2D eigenvalue weighted by Crippen LogP contribution is 2.22. The molecule has 0 radical (unpaired) electrons. The van der Waals surface area contributed by atoms with Crippen molar-refractivity contribution in [3.05, 3.63) is 24.5 Å². The molecule has 27 heavy (non-hydrogen) atoms. The van der Waals surface area contributed by atoms with Crippen LogP contribution in [0.5, 0.6) is 0 Å². The van der Waals surface area contributed by atoms with Crippen LogP contribution >= 0.6 is 0 Å². The number of hydrogen-bond acceptors (Lipinski definition) is 5. The molecule has 8 nitrogen and oxygen atoms in total. The van der Waals surface area contributed by atoms with Gasteiger partial charge in [-0.3, -0.25) is 9.59 Å². The Labute approximate surface area is 158 Å². The van der Waals surface area contributed by atoms with E-state index in [4.69, 9.17) is 0 Å². The molecular weight excluding hydrogens is 344 g/mol. The van der Waals surface area contributed by atoms with Crippen LogP contribution in [0.1, 0.15) is 26.2 Å². The Morgan fingerprint density at radius 3 is 2.81 bits per heavy atom. The number of piperidine rings is 1. The molecule has 2 aromatic rings. The molecule has 8 heteroatoms. The van der Waals surface area contributed by atoms with Gasteiger partial charge in [0.05, 0.1) is 5.92 Å². The zero-order valence-electron chi connectivity index (χ0n) is 15.8. The standard InChI is InChI=1S/C19H26N6O2/c1-2-8-24-14-15(3-6-18(24)26)19(27)23-12-10-22(11-13-23)17-5-4-16-20-7-9-25(16)21-17/h4-5,7,9,15H,2-3,6,8,10-14H2,1H3. The summed E-state index contributed by atoms with van der Waals surface area (Å²) in [5, 5.41) is 4.59. The lowest BCUT2D eigenvalue weighted by molar-refractivity contribution is -0.143. The van der Waals surface area contributed by atoms with Crippen molar-refractivity contribution in [1.82, 2.24) is 24.4 Å². The van der Waals surface area contributed by atoms with Crippen molar-refractivity contribution in [1.29, 1.82) is 0 Å². The monoisotopic (exact) mass is 370 g/mol. The number of piperazine rings is 1. The Kier molecular flexibility index (Phi) is 4.96. The topological polar surface area (TPSA) is 74.1 Å². The van der Waals surface area contributed by atoms with E-state index in [-0.39, 0.29) is 17.7 Å². The van der Waals surface area contributed by atoms with Crippen LogP contribution in [0.25, 0.3) is 5.65 Å². The minimum Gasteiger partial charge on any atom is -0.352 e. The molecule has 2 amide bonds. The van der Waals surface area contributed by atoms with E-state index in [1.807, 2.05) is 28.1 Å². The molecule has 4 heterocycles. The van der Waals surface area contributed by atoms with Crippen LogP contribution in [-0.4, -0.2) is 75.5 Å². The predicted molar refractivity (Wildman–Crippen MR) is 101 cm³/mol. The maximum absolute atomic E-state index is 12.9. The van der Waals surface area contributed by atoms with Crippen LogP contribution in [0.3, 0.4) is 0 Å². The highest BCUT2D eigenvalue weighted by Gasteiger charge is 2.33. The zero-order valence-corrected chi connectivity index (χ0v) is 15.8. The molecule has 2 fully saturated rings. The molecule has 1 unspecified atom stereocenters. The van der Waals surface area contributed by atoms with E-state index in [1.54, 1.807) is 10.7 Å². The van der Waals surface area contributed by atoms with Crippen LogP contribution in [0.2, 0.25) is 0 Å². The Balaban J connectivity index is 1.35. The van der Waals surface area contributed by atoms with Gasteiger partial charge >= 0.3 is 0 Å². The molecule has 144 valence electrons. The van der Waals surface area contributed by atoms with Gasteiger partial charge < -0.3 is 14.7 Å². The van der Waals surface area contributed by atoms with Gasteiger partial charge in [0.1, 0.15) is 5.82 Å². The first kappa shape index (κ1) is 17.8. The molecule has 0 N–H and O–H groups in total.